The molecular formula is C12H12F6N2O. The van der Waals surface area contributed by atoms with Gasteiger partial charge in [-0.15, -0.1) is 0 Å². The minimum absolute atomic E-state index is 0.122. The second kappa shape index (κ2) is 6.33. The maximum absolute atomic E-state index is 12.5. The number of nitrogens with one attached hydrogen (secondary N) is 1. The zero-order valence-corrected chi connectivity index (χ0v) is 10.6. The largest absolute Gasteiger partial charge is 0.471 e. The van der Waals surface area contributed by atoms with Gasteiger partial charge < -0.3 is 11.1 Å². The molecule has 1 rings (SSSR count). The van der Waals surface area contributed by atoms with Crippen molar-refractivity contribution in [3.05, 3.63) is 35.4 Å². The van der Waals surface area contributed by atoms with Gasteiger partial charge in [0.25, 0.3) is 0 Å². The number of benzene rings is 1. The lowest BCUT2D eigenvalue weighted by molar-refractivity contribution is -0.173. The van der Waals surface area contributed by atoms with Gasteiger partial charge in [0, 0.05) is 12.6 Å². The predicted molar refractivity (Wildman–Crippen MR) is 62.1 cm³/mol. The Morgan fingerprint density at radius 1 is 1.19 bits per heavy atom. The monoisotopic (exact) mass is 314 g/mol. The number of amides is 1. The molecule has 1 aromatic rings. The SMILES string of the molecule is NC(CCNC(=O)C(F)(F)F)c1cccc(C(F)(F)F)c1. The molecule has 1 atom stereocenters. The van der Waals surface area contributed by atoms with Crippen molar-refractivity contribution in [1.82, 2.24) is 5.32 Å². The molecule has 9 heteroatoms. The lowest BCUT2D eigenvalue weighted by Gasteiger charge is -2.15. The fraction of sp³-hybridized carbons (Fsp3) is 0.417. The van der Waals surface area contributed by atoms with Gasteiger partial charge in [-0.05, 0) is 24.1 Å². The number of alkyl halides is 6. The molecule has 0 radical (unpaired) electrons. The van der Waals surface area contributed by atoms with Crippen LogP contribution in [0.3, 0.4) is 0 Å². The normalized spacial score (nSPS) is 13.9. The van der Waals surface area contributed by atoms with Crippen molar-refractivity contribution in [3.8, 4) is 0 Å². The van der Waals surface area contributed by atoms with Crippen LogP contribution in [0.4, 0.5) is 26.3 Å². The van der Waals surface area contributed by atoms with E-state index >= 15 is 0 Å². The van der Waals surface area contributed by atoms with E-state index in [-0.39, 0.29) is 12.0 Å². The first kappa shape index (κ1) is 17.3. The third kappa shape index (κ3) is 5.25. The summed E-state index contributed by atoms with van der Waals surface area (Å²) in [6.45, 7) is -0.393. The Bertz CT molecular complexity index is 497. The van der Waals surface area contributed by atoms with Gasteiger partial charge in [0.1, 0.15) is 0 Å². The smallest absolute Gasteiger partial charge is 0.348 e. The van der Waals surface area contributed by atoms with Crippen LogP contribution in [-0.2, 0) is 11.0 Å². The predicted octanol–water partition coefficient (Wildman–Crippen LogP) is 2.77. The van der Waals surface area contributed by atoms with Crippen molar-refractivity contribution in [2.75, 3.05) is 6.54 Å². The Hall–Kier alpha value is -1.77. The van der Waals surface area contributed by atoms with E-state index in [0.29, 0.717) is 0 Å². The van der Waals surface area contributed by atoms with Crippen LogP contribution >= 0.6 is 0 Å². The first-order valence-corrected chi connectivity index (χ1v) is 5.79. The van der Waals surface area contributed by atoms with Crippen LogP contribution in [0.1, 0.15) is 23.6 Å². The summed E-state index contributed by atoms with van der Waals surface area (Å²) < 4.78 is 73.2. The molecule has 0 saturated heterocycles. The number of hydrogen-bond acceptors (Lipinski definition) is 2. The van der Waals surface area contributed by atoms with E-state index in [0.717, 1.165) is 18.2 Å². The molecule has 3 N–H and O–H groups in total. The molecule has 0 spiro atoms. The van der Waals surface area contributed by atoms with Crippen molar-refractivity contribution in [2.45, 2.75) is 24.8 Å². The van der Waals surface area contributed by atoms with Crippen molar-refractivity contribution in [1.29, 1.82) is 0 Å². The lowest BCUT2D eigenvalue weighted by atomic mass is 10.0. The fourth-order valence-corrected chi connectivity index (χ4v) is 1.55. The highest BCUT2D eigenvalue weighted by Crippen LogP contribution is 2.30. The molecule has 21 heavy (non-hydrogen) atoms. The molecular weight excluding hydrogens is 302 g/mol. The molecule has 0 aliphatic rings. The van der Waals surface area contributed by atoms with Crippen molar-refractivity contribution in [3.63, 3.8) is 0 Å². The number of carbonyl (C=O) groups is 1. The van der Waals surface area contributed by atoms with Gasteiger partial charge in [0.05, 0.1) is 5.56 Å². The van der Waals surface area contributed by atoms with E-state index in [4.69, 9.17) is 5.73 Å². The number of nitrogens with two attached hydrogens (primary N) is 1. The molecule has 1 unspecified atom stereocenters. The Morgan fingerprint density at radius 2 is 1.81 bits per heavy atom. The first-order chi connectivity index (χ1) is 9.51. The molecule has 3 nitrogen and oxygen atoms in total. The van der Waals surface area contributed by atoms with Crippen LogP contribution in [0.15, 0.2) is 24.3 Å². The standard InChI is InChI=1S/C12H12F6N2O/c13-11(14,15)8-3-1-2-7(6-8)9(19)4-5-20-10(21)12(16,17)18/h1-3,6,9H,4-5,19H2,(H,20,21). The van der Waals surface area contributed by atoms with E-state index in [1.165, 1.54) is 6.07 Å². The summed E-state index contributed by atoms with van der Waals surface area (Å²) in [7, 11) is 0. The molecule has 1 amide bonds. The van der Waals surface area contributed by atoms with E-state index in [1.54, 1.807) is 5.32 Å². The van der Waals surface area contributed by atoms with Gasteiger partial charge in [0.2, 0.25) is 0 Å². The lowest BCUT2D eigenvalue weighted by Crippen LogP contribution is -2.38. The summed E-state index contributed by atoms with van der Waals surface area (Å²) >= 11 is 0. The van der Waals surface area contributed by atoms with Crippen LogP contribution in [-0.4, -0.2) is 18.6 Å². The molecule has 118 valence electrons. The highest BCUT2D eigenvalue weighted by molar-refractivity contribution is 5.81. The zero-order valence-electron chi connectivity index (χ0n) is 10.6. The minimum Gasteiger partial charge on any atom is -0.348 e. The van der Waals surface area contributed by atoms with Crippen LogP contribution in [0.25, 0.3) is 0 Å². The number of hydrogen-bond donors (Lipinski definition) is 2. The molecule has 0 saturated carbocycles. The third-order valence-corrected chi connectivity index (χ3v) is 2.64. The van der Waals surface area contributed by atoms with Crippen LogP contribution in [0.5, 0.6) is 0 Å². The molecule has 1 aromatic carbocycles. The zero-order chi connectivity index (χ0) is 16.3. The number of rotatable bonds is 4. The molecule has 0 fully saturated rings. The summed E-state index contributed by atoms with van der Waals surface area (Å²) in [6.07, 6.45) is -9.65. The van der Waals surface area contributed by atoms with E-state index in [9.17, 15) is 31.1 Å². The Labute approximate surface area is 116 Å². The topological polar surface area (TPSA) is 55.1 Å². The highest BCUT2D eigenvalue weighted by atomic mass is 19.4. The van der Waals surface area contributed by atoms with E-state index in [1.807, 2.05) is 0 Å². The van der Waals surface area contributed by atoms with E-state index < -0.39 is 36.4 Å². The van der Waals surface area contributed by atoms with Crippen molar-refractivity contribution >= 4 is 5.91 Å². The maximum Gasteiger partial charge on any atom is 0.471 e. The highest BCUT2D eigenvalue weighted by Gasteiger charge is 2.38. The van der Waals surface area contributed by atoms with Gasteiger partial charge >= 0.3 is 18.3 Å². The minimum atomic E-state index is -5.00. The second-order valence-corrected chi connectivity index (χ2v) is 4.27. The average molecular weight is 314 g/mol. The van der Waals surface area contributed by atoms with Gasteiger partial charge in [-0.3, -0.25) is 4.79 Å². The average Bonchev–Trinajstić information content (AvgIpc) is 2.36. The second-order valence-electron chi connectivity index (χ2n) is 4.27. The Balaban J connectivity index is 2.61. The quantitative estimate of drug-likeness (QED) is 0.840. The number of carbonyl (C=O) groups excluding carboxylic acids is 1. The fourth-order valence-electron chi connectivity index (χ4n) is 1.55. The summed E-state index contributed by atoms with van der Waals surface area (Å²) in [5, 5.41) is 1.60. The first-order valence-electron chi connectivity index (χ1n) is 5.79. The van der Waals surface area contributed by atoms with Crippen LogP contribution < -0.4 is 11.1 Å². The third-order valence-electron chi connectivity index (χ3n) is 2.64. The molecule has 0 aliphatic carbocycles. The summed E-state index contributed by atoms with van der Waals surface area (Å²) in [5.74, 6) is -2.11. The van der Waals surface area contributed by atoms with Crippen molar-refractivity contribution < 1.29 is 31.1 Å². The summed E-state index contributed by atoms with van der Waals surface area (Å²) in [4.78, 5) is 10.5. The summed E-state index contributed by atoms with van der Waals surface area (Å²) in [5.41, 5.74) is 4.84. The van der Waals surface area contributed by atoms with Gasteiger partial charge in [-0.2, -0.15) is 26.3 Å². The molecule has 0 aromatic heterocycles. The molecule has 0 heterocycles. The molecule has 0 bridgehead atoms. The van der Waals surface area contributed by atoms with Crippen LogP contribution in [0.2, 0.25) is 0 Å². The Morgan fingerprint density at radius 3 is 2.33 bits per heavy atom. The van der Waals surface area contributed by atoms with E-state index in [2.05, 4.69) is 0 Å². The van der Waals surface area contributed by atoms with Crippen LogP contribution in [0, 0.1) is 0 Å². The van der Waals surface area contributed by atoms with Gasteiger partial charge in [-0.1, -0.05) is 12.1 Å². The molecule has 0 aliphatic heterocycles. The maximum atomic E-state index is 12.5. The Kier molecular flexibility index (Phi) is 5.21. The van der Waals surface area contributed by atoms with Gasteiger partial charge in [-0.25, -0.2) is 0 Å². The summed E-state index contributed by atoms with van der Waals surface area (Å²) in [6, 6.07) is 3.27. The number of halogens is 6. The van der Waals surface area contributed by atoms with Crippen molar-refractivity contribution in [2.24, 2.45) is 5.73 Å². The van der Waals surface area contributed by atoms with Gasteiger partial charge in [0.15, 0.2) is 0 Å².